The van der Waals surface area contributed by atoms with Gasteiger partial charge in [-0.1, -0.05) is 13.8 Å². The van der Waals surface area contributed by atoms with Crippen LogP contribution in [0.25, 0.3) is 0 Å². The Kier molecular flexibility index (Phi) is 5.99. The number of nitrogens with two attached hydrogens (primary N) is 1. The lowest BCUT2D eigenvalue weighted by Gasteiger charge is -2.37. The van der Waals surface area contributed by atoms with Crippen LogP contribution in [0.5, 0.6) is 0 Å². The second-order valence-corrected chi connectivity index (χ2v) is 6.68. The zero-order valence-electron chi connectivity index (χ0n) is 12.9. The van der Waals surface area contributed by atoms with Gasteiger partial charge in [-0.25, -0.2) is 0 Å². The Hall–Kier alpha value is -1.10. The van der Waals surface area contributed by atoms with E-state index >= 15 is 0 Å². The fraction of sp³-hybridized carbons (Fsp3) is 0.867. The van der Waals surface area contributed by atoms with E-state index in [2.05, 4.69) is 13.8 Å². The van der Waals surface area contributed by atoms with Crippen molar-refractivity contribution in [2.24, 2.45) is 23.0 Å². The summed E-state index contributed by atoms with van der Waals surface area (Å²) in [6.45, 7) is 7.64. The van der Waals surface area contributed by atoms with E-state index in [1.807, 2.05) is 0 Å². The van der Waals surface area contributed by atoms with Crippen LogP contribution in [-0.2, 0) is 9.59 Å². The maximum absolute atomic E-state index is 12.3. The van der Waals surface area contributed by atoms with E-state index in [0.29, 0.717) is 44.8 Å². The maximum atomic E-state index is 12.3. The Morgan fingerprint density at radius 2 is 1.85 bits per heavy atom. The van der Waals surface area contributed by atoms with Crippen molar-refractivity contribution in [3.05, 3.63) is 0 Å². The van der Waals surface area contributed by atoms with Crippen molar-refractivity contribution in [3.8, 4) is 0 Å². The first-order valence-corrected chi connectivity index (χ1v) is 7.49. The van der Waals surface area contributed by atoms with E-state index < -0.39 is 11.4 Å². The summed E-state index contributed by atoms with van der Waals surface area (Å²) in [6, 6.07) is 0. The predicted molar refractivity (Wildman–Crippen MR) is 78.2 cm³/mol. The SMILES string of the molecule is CC(C)CC(CN)CC(=O)N1CCC(C)(C(=O)O)CC1. The minimum atomic E-state index is -0.760. The number of likely N-dealkylation sites (tertiary alicyclic amines) is 1. The highest BCUT2D eigenvalue weighted by Crippen LogP contribution is 2.31. The van der Waals surface area contributed by atoms with E-state index in [4.69, 9.17) is 5.73 Å². The molecule has 0 spiro atoms. The van der Waals surface area contributed by atoms with Gasteiger partial charge >= 0.3 is 5.97 Å². The van der Waals surface area contributed by atoms with Crippen molar-refractivity contribution in [1.29, 1.82) is 0 Å². The fourth-order valence-corrected chi connectivity index (χ4v) is 2.77. The smallest absolute Gasteiger partial charge is 0.309 e. The number of carbonyl (C=O) groups excluding carboxylic acids is 1. The first-order valence-electron chi connectivity index (χ1n) is 7.49. The maximum Gasteiger partial charge on any atom is 0.309 e. The summed E-state index contributed by atoms with van der Waals surface area (Å²) in [5.41, 5.74) is 5.05. The molecule has 0 bridgehead atoms. The molecule has 1 aliphatic heterocycles. The molecule has 0 radical (unpaired) electrons. The second-order valence-electron chi connectivity index (χ2n) is 6.68. The van der Waals surface area contributed by atoms with Crippen LogP contribution in [0.15, 0.2) is 0 Å². The van der Waals surface area contributed by atoms with Crippen molar-refractivity contribution in [2.75, 3.05) is 19.6 Å². The summed E-state index contributed by atoms with van der Waals surface area (Å²) in [5, 5.41) is 9.18. The van der Waals surface area contributed by atoms with Crippen LogP contribution < -0.4 is 5.73 Å². The van der Waals surface area contributed by atoms with Gasteiger partial charge in [0.05, 0.1) is 5.41 Å². The fourth-order valence-electron chi connectivity index (χ4n) is 2.77. The third-order valence-electron chi connectivity index (χ3n) is 4.34. The molecule has 1 aliphatic rings. The Morgan fingerprint density at radius 3 is 2.25 bits per heavy atom. The number of carboxylic acid groups (broad SMARTS) is 1. The first kappa shape index (κ1) is 17.0. The minimum Gasteiger partial charge on any atom is -0.481 e. The molecule has 1 atom stereocenters. The van der Waals surface area contributed by atoms with Gasteiger partial charge in [0.2, 0.25) is 5.91 Å². The molecule has 1 fully saturated rings. The molecule has 0 aliphatic carbocycles. The standard InChI is InChI=1S/C15H28N2O3/c1-11(2)8-12(10-16)9-13(18)17-6-4-15(3,5-7-17)14(19)20/h11-12H,4-10,16H2,1-3H3,(H,19,20). The Balaban J connectivity index is 2.48. The molecule has 3 N–H and O–H groups in total. The summed E-state index contributed by atoms with van der Waals surface area (Å²) < 4.78 is 0. The number of amides is 1. The zero-order valence-corrected chi connectivity index (χ0v) is 12.9. The van der Waals surface area contributed by atoms with Gasteiger partial charge in [-0.3, -0.25) is 9.59 Å². The normalized spacial score (nSPS) is 19.9. The van der Waals surface area contributed by atoms with Crippen LogP contribution in [0.1, 0.15) is 46.5 Å². The van der Waals surface area contributed by atoms with Gasteiger partial charge in [0.15, 0.2) is 0 Å². The lowest BCUT2D eigenvalue weighted by molar-refractivity contribution is -0.153. The van der Waals surface area contributed by atoms with Crippen molar-refractivity contribution >= 4 is 11.9 Å². The largest absolute Gasteiger partial charge is 0.481 e. The minimum absolute atomic E-state index is 0.119. The molecule has 1 unspecified atom stereocenters. The molecule has 1 saturated heterocycles. The Bertz CT molecular complexity index is 347. The highest BCUT2D eigenvalue weighted by atomic mass is 16.4. The molecule has 0 saturated carbocycles. The van der Waals surface area contributed by atoms with Gasteiger partial charge in [-0.05, 0) is 44.6 Å². The van der Waals surface area contributed by atoms with E-state index in [1.165, 1.54) is 0 Å². The summed E-state index contributed by atoms with van der Waals surface area (Å²) in [7, 11) is 0. The summed E-state index contributed by atoms with van der Waals surface area (Å²) in [6.07, 6.45) is 2.51. The highest BCUT2D eigenvalue weighted by molar-refractivity contribution is 5.78. The molecule has 116 valence electrons. The molecule has 1 rings (SSSR count). The topological polar surface area (TPSA) is 83.6 Å². The van der Waals surface area contributed by atoms with E-state index in [9.17, 15) is 14.7 Å². The molecule has 0 aromatic heterocycles. The molecular formula is C15H28N2O3. The van der Waals surface area contributed by atoms with Gasteiger partial charge in [0, 0.05) is 19.5 Å². The Labute approximate surface area is 121 Å². The van der Waals surface area contributed by atoms with Crippen molar-refractivity contribution in [2.45, 2.75) is 46.5 Å². The van der Waals surface area contributed by atoms with Gasteiger partial charge in [-0.2, -0.15) is 0 Å². The molecular weight excluding hydrogens is 256 g/mol. The van der Waals surface area contributed by atoms with Gasteiger partial charge in [0.25, 0.3) is 0 Å². The number of hydrogen-bond donors (Lipinski definition) is 2. The van der Waals surface area contributed by atoms with Crippen molar-refractivity contribution in [3.63, 3.8) is 0 Å². The van der Waals surface area contributed by atoms with E-state index in [0.717, 1.165) is 6.42 Å². The van der Waals surface area contributed by atoms with Crippen LogP contribution in [0.4, 0.5) is 0 Å². The second kappa shape index (κ2) is 7.07. The summed E-state index contributed by atoms with van der Waals surface area (Å²) in [4.78, 5) is 25.2. The molecule has 1 amide bonds. The van der Waals surface area contributed by atoms with E-state index in [-0.39, 0.29) is 11.8 Å². The van der Waals surface area contributed by atoms with Crippen LogP contribution in [0.3, 0.4) is 0 Å². The molecule has 5 nitrogen and oxygen atoms in total. The Morgan fingerprint density at radius 1 is 1.30 bits per heavy atom. The number of hydrogen-bond acceptors (Lipinski definition) is 3. The first-order chi connectivity index (χ1) is 9.28. The van der Waals surface area contributed by atoms with E-state index in [1.54, 1.807) is 11.8 Å². The molecule has 20 heavy (non-hydrogen) atoms. The average molecular weight is 284 g/mol. The monoisotopic (exact) mass is 284 g/mol. The van der Waals surface area contributed by atoms with Crippen molar-refractivity contribution in [1.82, 2.24) is 4.90 Å². The molecule has 0 aromatic rings. The number of rotatable bonds is 6. The number of carboxylic acids is 1. The molecule has 5 heteroatoms. The zero-order chi connectivity index (χ0) is 15.3. The van der Waals surface area contributed by atoms with Gasteiger partial charge in [-0.15, -0.1) is 0 Å². The van der Waals surface area contributed by atoms with Crippen LogP contribution >= 0.6 is 0 Å². The average Bonchev–Trinajstić information content (AvgIpc) is 2.37. The lowest BCUT2D eigenvalue weighted by Crippen LogP contribution is -2.45. The lowest BCUT2D eigenvalue weighted by atomic mass is 9.80. The van der Waals surface area contributed by atoms with Crippen LogP contribution in [-0.4, -0.2) is 41.5 Å². The molecule has 1 heterocycles. The van der Waals surface area contributed by atoms with Gasteiger partial charge in [0.1, 0.15) is 0 Å². The van der Waals surface area contributed by atoms with Gasteiger partial charge < -0.3 is 15.7 Å². The number of carbonyl (C=O) groups is 2. The predicted octanol–water partition coefficient (Wildman–Crippen LogP) is 1.71. The van der Waals surface area contributed by atoms with Crippen molar-refractivity contribution < 1.29 is 14.7 Å². The quantitative estimate of drug-likeness (QED) is 0.777. The highest BCUT2D eigenvalue weighted by Gasteiger charge is 2.38. The summed E-state index contributed by atoms with van der Waals surface area (Å²) >= 11 is 0. The third kappa shape index (κ3) is 4.47. The number of aliphatic carboxylic acids is 1. The number of piperidine rings is 1. The summed E-state index contributed by atoms with van der Waals surface area (Å²) in [5.74, 6) is 0.126. The third-order valence-corrected chi connectivity index (χ3v) is 4.34. The number of nitrogens with zero attached hydrogens (tertiary/aromatic N) is 1. The molecule has 0 aromatic carbocycles. The van der Waals surface area contributed by atoms with Crippen LogP contribution in [0.2, 0.25) is 0 Å². The van der Waals surface area contributed by atoms with Crippen LogP contribution in [0, 0.1) is 17.3 Å².